The van der Waals surface area contributed by atoms with E-state index in [0.29, 0.717) is 49.1 Å². The van der Waals surface area contributed by atoms with Crippen LogP contribution in [0.25, 0.3) is 0 Å². The van der Waals surface area contributed by atoms with Crippen LogP contribution in [0.15, 0.2) is 22.8 Å². The van der Waals surface area contributed by atoms with Gasteiger partial charge in [0.15, 0.2) is 0 Å². The van der Waals surface area contributed by atoms with Crippen molar-refractivity contribution in [2.45, 2.75) is 130 Å². The molecule has 9 heteroatoms. The maximum Gasteiger partial charge on any atom is 0.331 e. The highest BCUT2D eigenvalue weighted by Gasteiger charge is 2.66. The summed E-state index contributed by atoms with van der Waals surface area (Å²) in [7, 11) is 0. The molecule has 4 rings (SSSR count). The molecule has 0 spiro atoms. The number of nitrogens with two attached hydrogens (primary N) is 1. The summed E-state index contributed by atoms with van der Waals surface area (Å²) in [4.78, 5) is 25.1. The van der Waals surface area contributed by atoms with Crippen molar-refractivity contribution in [3.63, 3.8) is 0 Å². The SMILES string of the molecule is CC(=O)O[C@H]1C[C@@]2(C)C(C[C@@H](O)C3[C@@H]2CCC2C(C)C(NCCCNCCCNCCCN)CC[C@@]23C)C1=C(CCC=C(C)C)C(=O)O. The first-order valence-electron chi connectivity index (χ1n) is 19.1. The monoisotopic (exact) mass is 673 g/mol. The second-order valence-corrected chi connectivity index (χ2v) is 16.4. The fraction of sp³-hybridized carbons (Fsp3) is 0.846. The van der Waals surface area contributed by atoms with Gasteiger partial charge in [-0.25, -0.2) is 4.79 Å². The van der Waals surface area contributed by atoms with Crippen molar-refractivity contribution in [1.29, 1.82) is 0 Å². The first-order chi connectivity index (χ1) is 22.8. The van der Waals surface area contributed by atoms with Crippen molar-refractivity contribution in [2.75, 3.05) is 39.3 Å². The molecule has 0 saturated heterocycles. The lowest BCUT2D eigenvalue weighted by atomic mass is 9.41. The zero-order valence-electron chi connectivity index (χ0n) is 30.9. The number of hydrogen-bond acceptors (Lipinski definition) is 8. The van der Waals surface area contributed by atoms with Crippen LogP contribution in [0.4, 0.5) is 0 Å². The van der Waals surface area contributed by atoms with E-state index in [2.05, 4.69) is 42.8 Å². The van der Waals surface area contributed by atoms with Crippen LogP contribution in [0, 0.1) is 40.4 Å². The molecule has 0 aliphatic heterocycles. The Hall–Kier alpha value is -1.78. The minimum atomic E-state index is -0.928. The van der Waals surface area contributed by atoms with E-state index < -0.39 is 18.2 Å². The molecule has 5 unspecified atom stereocenters. The number of allylic oxidation sites excluding steroid dienone is 2. The summed E-state index contributed by atoms with van der Waals surface area (Å²) in [6.07, 6.45) is 10.9. The molecule has 4 fully saturated rings. The van der Waals surface area contributed by atoms with Gasteiger partial charge in [-0.3, -0.25) is 4.79 Å². The lowest BCUT2D eigenvalue weighted by molar-refractivity contribution is -0.181. The Labute approximate surface area is 290 Å². The van der Waals surface area contributed by atoms with Gasteiger partial charge in [-0.2, -0.15) is 0 Å². The Morgan fingerprint density at radius 3 is 2.23 bits per heavy atom. The molecule has 9 nitrogen and oxygen atoms in total. The lowest BCUT2D eigenvalue weighted by Crippen LogP contribution is -2.62. The Kier molecular flexibility index (Phi) is 14.2. The summed E-state index contributed by atoms with van der Waals surface area (Å²) in [5.74, 6) is 0.0692. The number of carbonyl (C=O) groups excluding carboxylic acids is 1. The highest BCUT2D eigenvalue weighted by molar-refractivity contribution is 5.88. The summed E-state index contributed by atoms with van der Waals surface area (Å²) >= 11 is 0. The predicted octanol–water partition coefficient (Wildman–Crippen LogP) is 5.18. The number of ether oxygens (including phenoxy) is 1. The van der Waals surface area contributed by atoms with Gasteiger partial charge in [0.25, 0.3) is 0 Å². The maximum absolute atomic E-state index is 12.7. The van der Waals surface area contributed by atoms with E-state index in [1.165, 1.54) is 6.92 Å². The van der Waals surface area contributed by atoms with Crippen molar-refractivity contribution >= 4 is 11.9 Å². The predicted molar refractivity (Wildman–Crippen MR) is 192 cm³/mol. The molecule has 48 heavy (non-hydrogen) atoms. The van der Waals surface area contributed by atoms with Gasteiger partial charge in [-0.15, -0.1) is 0 Å². The summed E-state index contributed by atoms with van der Waals surface area (Å²) in [6, 6.07) is 0.490. The topological polar surface area (TPSA) is 146 Å². The van der Waals surface area contributed by atoms with Gasteiger partial charge < -0.3 is 36.6 Å². The first kappa shape index (κ1) is 39.0. The van der Waals surface area contributed by atoms with Crippen LogP contribution in [0.2, 0.25) is 0 Å². The normalized spacial score (nSPS) is 36.8. The van der Waals surface area contributed by atoms with E-state index in [9.17, 15) is 19.8 Å². The zero-order valence-corrected chi connectivity index (χ0v) is 30.9. The number of nitrogens with one attached hydrogen (secondary N) is 3. The smallest absolute Gasteiger partial charge is 0.331 e. The van der Waals surface area contributed by atoms with Gasteiger partial charge in [0, 0.05) is 18.5 Å². The largest absolute Gasteiger partial charge is 0.478 e. The lowest BCUT2D eigenvalue weighted by Gasteiger charge is -2.64. The number of aliphatic hydroxyl groups excluding tert-OH is 1. The number of esters is 1. The average Bonchev–Trinajstić information content (AvgIpc) is 3.29. The summed E-state index contributed by atoms with van der Waals surface area (Å²) < 4.78 is 5.93. The fourth-order valence-corrected chi connectivity index (χ4v) is 10.9. The van der Waals surface area contributed by atoms with Crippen molar-refractivity contribution in [1.82, 2.24) is 16.0 Å². The summed E-state index contributed by atoms with van der Waals surface area (Å²) in [5, 5.41) is 33.4. The number of fused-ring (bicyclic) bond motifs is 5. The van der Waals surface area contributed by atoms with Gasteiger partial charge in [0.1, 0.15) is 6.10 Å². The Morgan fingerprint density at radius 1 is 0.958 bits per heavy atom. The third-order valence-electron chi connectivity index (χ3n) is 13.0. The second kappa shape index (κ2) is 17.4. The molecule has 0 amide bonds. The minimum absolute atomic E-state index is 0.0239. The molecule has 4 saturated carbocycles. The standard InChI is InChI=1S/C39H68N4O5/c1-25(2)11-7-12-28(37(46)47)35-31-23-33(45)36-30(39(31,6)24-34(35)48-27(4)44)14-13-29-26(3)32(15-16-38(29,36)5)43-22-10-21-42-20-9-19-41-18-8-17-40/h11,26,29-34,36,41-43,45H,7-10,12-24,40H2,1-6H3,(H,46,47)/t26?,29?,30-,31?,32?,33+,34-,36?,38-,39+/m0/s1. The van der Waals surface area contributed by atoms with E-state index in [0.717, 1.165) is 95.4 Å². The quantitative estimate of drug-likeness (QED) is 0.0533. The van der Waals surface area contributed by atoms with Crippen LogP contribution < -0.4 is 21.7 Å². The fourth-order valence-electron chi connectivity index (χ4n) is 10.9. The third kappa shape index (κ3) is 8.74. The average molecular weight is 673 g/mol. The highest BCUT2D eigenvalue weighted by Crippen LogP contribution is 2.69. The number of rotatable bonds is 17. The number of aliphatic carboxylic acids is 1. The minimum Gasteiger partial charge on any atom is -0.478 e. The molecule has 0 heterocycles. The van der Waals surface area contributed by atoms with Gasteiger partial charge in [-0.05, 0) is 170 Å². The van der Waals surface area contributed by atoms with Crippen molar-refractivity contribution < 1.29 is 24.5 Å². The van der Waals surface area contributed by atoms with E-state index in [4.69, 9.17) is 10.5 Å². The van der Waals surface area contributed by atoms with Crippen LogP contribution in [0.3, 0.4) is 0 Å². The van der Waals surface area contributed by atoms with E-state index in [-0.39, 0.29) is 34.6 Å². The van der Waals surface area contributed by atoms with Crippen molar-refractivity contribution in [3.05, 3.63) is 22.8 Å². The first-order valence-corrected chi connectivity index (χ1v) is 19.1. The Morgan fingerprint density at radius 2 is 1.60 bits per heavy atom. The molecule has 0 bridgehead atoms. The van der Waals surface area contributed by atoms with E-state index in [1.54, 1.807) is 0 Å². The molecule has 0 aromatic carbocycles. The van der Waals surface area contributed by atoms with Crippen LogP contribution >= 0.6 is 0 Å². The second-order valence-electron chi connectivity index (χ2n) is 16.4. The van der Waals surface area contributed by atoms with Gasteiger partial charge in [-0.1, -0.05) is 32.4 Å². The van der Waals surface area contributed by atoms with Crippen LogP contribution in [0.5, 0.6) is 0 Å². The highest BCUT2D eigenvalue weighted by atomic mass is 16.5. The van der Waals surface area contributed by atoms with Crippen LogP contribution in [-0.4, -0.2) is 79.7 Å². The van der Waals surface area contributed by atoms with Crippen molar-refractivity contribution in [3.8, 4) is 0 Å². The van der Waals surface area contributed by atoms with E-state index >= 15 is 0 Å². The number of aliphatic hydroxyl groups is 1. The molecule has 0 aromatic heterocycles. The Balaban J connectivity index is 1.42. The molecule has 0 aromatic rings. The molecular weight excluding hydrogens is 604 g/mol. The van der Waals surface area contributed by atoms with Gasteiger partial charge >= 0.3 is 11.9 Å². The molecular formula is C39H68N4O5. The van der Waals surface area contributed by atoms with E-state index in [1.807, 2.05) is 13.8 Å². The number of carbonyl (C=O) groups is 2. The van der Waals surface area contributed by atoms with Crippen LogP contribution in [0.1, 0.15) is 112 Å². The van der Waals surface area contributed by atoms with Gasteiger partial charge in [0.2, 0.25) is 0 Å². The van der Waals surface area contributed by atoms with Gasteiger partial charge in [0.05, 0.1) is 6.10 Å². The number of carboxylic acid groups (broad SMARTS) is 1. The molecule has 4 aliphatic carbocycles. The summed E-state index contributed by atoms with van der Waals surface area (Å²) in [5.41, 5.74) is 7.65. The zero-order chi connectivity index (χ0) is 35.1. The van der Waals surface area contributed by atoms with Crippen LogP contribution in [-0.2, 0) is 14.3 Å². The number of hydrogen-bond donors (Lipinski definition) is 6. The molecule has 4 aliphatic rings. The molecule has 0 radical (unpaired) electrons. The maximum atomic E-state index is 12.7. The third-order valence-corrected chi connectivity index (χ3v) is 13.0. The molecule has 10 atom stereocenters. The Bertz CT molecular complexity index is 1150. The van der Waals surface area contributed by atoms with Crippen molar-refractivity contribution in [2.24, 2.45) is 46.2 Å². The number of carboxylic acids is 1. The molecule has 7 N–H and O–H groups in total. The molecule has 274 valence electrons. The summed E-state index contributed by atoms with van der Waals surface area (Å²) in [6.45, 7) is 18.5.